The Bertz CT molecular complexity index is 510. The first-order valence-electron chi connectivity index (χ1n) is 6.61. The number of rotatable bonds is 7. The van der Waals surface area contributed by atoms with Crippen molar-refractivity contribution in [2.45, 2.75) is 33.4 Å². The van der Waals surface area contributed by atoms with E-state index < -0.39 is 0 Å². The fourth-order valence-corrected chi connectivity index (χ4v) is 2.50. The number of thiazole rings is 1. The van der Waals surface area contributed by atoms with E-state index in [4.69, 9.17) is 4.74 Å². The lowest BCUT2D eigenvalue weighted by atomic mass is 10.2. The van der Waals surface area contributed by atoms with Crippen molar-refractivity contribution < 1.29 is 4.74 Å². The second kappa shape index (κ2) is 7.26. The lowest BCUT2D eigenvalue weighted by molar-refractivity contribution is 0.317. The molecule has 0 saturated carbocycles. The van der Waals surface area contributed by atoms with Gasteiger partial charge in [-0.1, -0.05) is 19.1 Å². The minimum atomic E-state index is 0.773. The first kappa shape index (κ1) is 14.0. The number of aromatic nitrogens is 1. The fourth-order valence-electron chi connectivity index (χ4n) is 1.76. The Morgan fingerprint density at radius 1 is 1.32 bits per heavy atom. The summed E-state index contributed by atoms with van der Waals surface area (Å²) < 4.78 is 5.63. The predicted molar refractivity (Wildman–Crippen MR) is 79.6 cm³/mol. The van der Waals surface area contributed by atoms with Gasteiger partial charge in [0.25, 0.3) is 0 Å². The SMILES string of the molecule is CCCOc1cccc(CNCc2nc(C)cs2)c1. The van der Waals surface area contributed by atoms with Crippen LogP contribution in [0.2, 0.25) is 0 Å². The third-order valence-corrected chi connectivity index (χ3v) is 3.61. The number of ether oxygens (including phenoxy) is 1. The molecule has 0 spiro atoms. The highest BCUT2D eigenvalue weighted by molar-refractivity contribution is 7.09. The molecule has 0 aliphatic rings. The summed E-state index contributed by atoms with van der Waals surface area (Å²) in [5.74, 6) is 0.950. The van der Waals surface area contributed by atoms with Crippen molar-refractivity contribution in [2.24, 2.45) is 0 Å². The van der Waals surface area contributed by atoms with E-state index in [1.807, 2.05) is 19.1 Å². The van der Waals surface area contributed by atoms with E-state index >= 15 is 0 Å². The number of benzene rings is 1. The second-order valence-electron chi connectivity index (χ2n) is 4.48. The van der Waals surface area contributed by atoms with E-state index in [-0.39, 0.29) is 0 Å². The lowest BCUT2D eigenvalue weighted by Gasteiger charge is -2.07. The zero-order valence-corrected chi connectivity index (χ0v) is 12.3. The molecule has 0 bridgehead atoms. The van der Waals surface area contributed by atoms with Gasteiger partial charge in [0.15, 0.2) is 0 Å². The summed E-state index contributed by atoms with van der Waals surface area (Å²) in [6.07, 6.45) is 1.03. The Labute approximate surface area is 118 Å². The van der Waals surface area contributed by atoms with E-state index in [0.717, 1.165) is 42.6 Å². The maximum Gasteiger partial charge on any atom is 0.119 e. The Morgan fingerprint density at radius 2 is 2.21 bits per heavy atom. The molecule has 1 N–H and O–H groups in total. The van der Waals surface area contributed by atoms with Gasteiger partial charge >= 0.3 is 0 Å². The van der Waals surface area contributed by atoms with Crippen molar-refractivity contribution in [2.75, 3.05) is 6.61 Å². The highest BCUT2D eigenvalue weighted by Crippen LogP contribution is 2.14. The molecule has 2 aromatic rings. The van der Waals surface area contributed by atoms with Gasteiger partial charge in [0.05, 0.1) is 6.61 Å². The van der Waals surface area contributed by atoms with Crippen molar-refractivity contribution in [3.05, 3.63) is 45.9 Å². The summed E-state index contributed by atoms with van der Waals surface area (Å²) >= 11 is 1.70. The van der Waals surface area contributed by atoms with Gasteiger partial charge in [0, 0.05) is 24.2 Å². The molecule has 0 unspecified atom stereocenters. The van der Waals surface area contributed by atoms with Gasteiger partial charge in [0.2, 0.25) is 0 Å². The van der Waals surface area contributed by atoms with Gasteiger partial charge in [-0.25, -0.2) is 4.98 Å². The molecule has 4 heteroatoms. The van der Waals surface area contributed by atoms with E-state index in [1.54, 1.807) is 11.3 Å². The van der Waals surface area contributed by atoms with Crippen LogP contribution in [0.3, 0.4) is 0 Å². The smallest absolute Gasteiger partial charge is 0.119 e. The average Bonchev–Trinajstić information content (AvgIpc) is 2.83. The molecule has 2 rings (SSSR count). The topological polar surface area (TPSA) is 34.1 Å². The summed E-state index contributed by atoms with van der Waals surface area (Å²) in [7, 11) is 0. The summed E-state index contributed by atoms with van der Waals surface area (Å²) in [4.78, 5) is 4.43. The Kier molecular flexibility index (Phi) is 5.36. The number of hydrogen-bond acceptors (Lipinski definition) is 4. The van der Waals surface area contributed by atoms with Crippen molar-refractivity contribution in [1.82, 2.24) is 10.3 Å². The van der Waals surface area contributed by atoms with Crippen LogP contribution in [0.4, 0.5) is 0 Å². The minimum absolute atomic E-state index is 0.773. The molecule has 1 aromatic heterocycles. The largest absolute Gasteiger partial charge is 0.494 e. The highest BCUT2D eigenvalue weighted by atomic mass is 32.1. The van der Waals surface area contributed by atoms with E-state index in [9.17, 15) is 0 Å². The summed E-state index contributed by atoms with van der Waals surface area (Å²) in [6, 6.07) is 8.24. The number of nitrogens with zero attached hydrogens (tertiary/aromatic N) is 1. The van der Waals surface area contributed by atoms with Crippen LogP contribution in [0, 0.1) is 6.92 Å². The predicted octanol–water partition coefficient (Wildman–Crippen LogP) is 3.53. The summed E-state index contributed by atoms with van der Waals surface area (Å²) in [5, 5.41) is 6.62. The zero-order chi connectivity index (χ0) is 13.5. The van der Waals surface area contributed by atoms with Gasteiger partial charge in [-0.05, 0) is 31.0 Å². The molecular formula is C15H20N2OS. The van der Waals surface area contributed by atoms with Crippen LogP contribution in [-0.2, 0) is 13.1 Å². The van der Waals surface area contributed by atoms with E-state index in [2.05, 4.69) is 34.7 Å². The Morgan fingerprint density at radius 3 is 2.95 bits per heavy atom. The molecule has 0 radical (unpaired) electrons. The number of nitrogens with one attached hydrogen (secondary N) is 1. The molecule has 102 valence electrons. The molecule has 1 aromatic carbocycles. The Hall–Kier alpha value is -1.39. The average molecular weight is 276 g/mol. The molecule has 3 nitrogen and oxygen atoms in total. The van der Waals surface area contributed by atoms with Gasteiger partial charge < -0.3 is 10.1 Å². The van der Waals surface area contributed by atoms with Gasteiger partial charge in [-0.3, -0.25) is 0 Å². The monoisotopic (exact) mass is 276 g/mol. The van der Waals surface area contributed by atoms with Crippen LogP contribution in [-0.4, -0.2) is 11.6 Å². The fraction of sp³-hybridized carbons (Fsp3) is 0.400. The first-order valence-corrected chi connectivity index (χ1v) is 7.49. The van der Waals surface area contributed by atoms with Crippen LogP contribution >= 0.6 is 11.3 Å². The van der Waals surface area contributed by atoms with E-state index in [0.29, 0.717) is 0 Å². The molecule has 1 heterocycles. The third-order valence-electron chi connectivity index (χ3n) is 2.64. The molecular weight excluding hydrogens is 256 g/mol. The van der Waals surface area contributed by atoms with Gasteiger partial charge in [-0.15, -0.1) is 11.3 Å². The third kappa shape index (κ3) is 4.65. The maximum absolute atomic E-state index is 5.63. The normalized spacial score (nSPS) is 10.6. The molecule has 0 saturated heterocycles. The molecule has 0 fully saturated rings. The Balaban J connectivity index is 1.82. The van der Waals surface area contributed by atoms with Gasteiger partial charge in [-0.2, -0.15) is 0 Å². The van der Waals surface area contributed by atoms with Crippen molar-refractivity contribution >= 4 is 11.3 Å². The second-order valence-corrected chi connectivity index (χ2v) is 5.42. The summed E-state index contributed by atoms with van der Waals surface area (Å²) in [6.45, 7) is 6.56. The van der Waals surface area contributed by atoms with Crippen LogP contribution < -0.4 is 10.1 Å². The maximum atomic E-state index is 5.63. The molecule has 0 amide bonds. The van der Waals surface area contributed by atoms with E-state index in [1.165, 1.54) is 5.56 Å². The van der Waals surface area contributed by atoms with Crippen LogP contribution in [0.25, 0.3) is 0 Å². The van der Waals surface area contributed by atoms with Crippen LogP contribution in [0.1, 0.15) is 29.6 Å². The first-order chi connectivity index (χ1) is 9.28. The number of aryl methyl sites for hydroxylation is 1. The minimum Gasteiger partial charge on any atom is -0.494 e. The van der Waals surface area contributed by atoms with Gasteiger partial charge in [0.1, 0.15) is 10.8 Å². The lowest BCUT2D eigenvalue weighted by Crippen LogP contribution is -2.12. The number of hydrogen-bond donors (Lipinski definition) is 1. The standard InChI is InChI=1S/C15H20N2OS/c1-3-7-18-14-6-4-5-13(8-14)9-16-10-15-17-12(2)11-19-15/h4-6,8,11,16H,3,7,9-10H2,1-2H3. The zero-order valence-electron chi connectivity index (χ0n) is 11.5. The highest BCUT2D eigenvalue weighted by Gasteiger charge is 2.00. The van der Waals surface area contributed by atoms with Crippen molar-refractivity contribution in [3.63, 3.8) is 0 Å². The van der Waals surface area contributed by atoms with Crippen LogP contribution in [0.15, 0.2) is 29.6 Å². The molecule has 0 aliphatic carbocycles. The van der Waals surface area contributed by atoms with Crippen molar-refractivity contribution in [3.8, 4) is 5.75 Å². The quantitative estimate of drug-likeness (QED) is 0.840. The summed E-state index contributed by atoms with van der Waals surface area (Å²) in [5.41, 5.74) is 2.33. The molecule has 0 atom stereocenters. The van der Waals surface area contributed by atoms with Crippen molar-refractivity contribution in [1.29, 1.82) is 0 Å². The van der Waals surface area contributed by atoms with Crippen LogP contribution in [0.5, 0.6) is 5.75 Å². The molecule has 19 heavy (non-hydrogen) atoms. The molecule has 0 aliphatic heterocycles.